The Morgan fingerprint density at radius 2 is 2.42 bits per heavy atom. The minimum Gasteiger partial charge on any atom is -0.350 e. The number of urea groups is 1. The van der Waals surface area contributed by atoms with Crippen LogP contribution >= 0.6 is 0 Å². The molecule has 3 N–H and O–H groups in total. The first-order valence-corrected chi connectivity index (χ1v) is 4.32. The number of nitrogens with one attached hydrogen (secondary N) is 1. The molecule has 0 aliphatic heterocycles. The van der Waals surface area contributed by atoms with Gasteiger partial charge in [0.05, 0.1) is 0 Å². The van der Waals surface area contributed by atoms with E-state index < -0.39 is 6.03 Å². The zero-order chi connectivity index (χ0) is 8.97. The van der Waals surface area contributed by atoms with E-state index in [9.17, 15) is 4.79 Å². The van der Waals surface area contributed by atoms with Crippen molar-refractivity contribution < 1.29 is 4.79 Å². The van der Waals surface area contributed by atoms with Gasteiger partial charge in [-0.05, 0) is 25.2 Å². The highest BCUT2D eigenvalue weighted by atomic mass is 16.2. The number of carbonyl (C=O) groups excluding carboxylic acids is 1. The van der Waals surface area contributed by atoms with Gasteiger partial charge in [0.25, 0.3) is 0 Å². The molecule has 4 nitrogen and oxygen atoms in total. The molecular weight excluding hydrogens is 154 g/mol. The van der Waals surface area contributed by atoms with Gasteiger partial charge in [-0.25, -0.2) is 10.2 Å². The van der Waals surface area contributed by atoms with Crippen LogP contribution in [0, 0.1) is 5.92 Å². The number of primary amides is 1. The second-order valence-corrected chi connectivity index (χ2v) is 3.23. The Labute approximate surface area is 72.2 Å². The van der Waals surface area contributed by atoms with Crippen LogP contribution in [-0.2, 0) is 0 Å². The fourth-order valence-electron chi connectivity index (χ4n) is 1.46. The number of nitrogens with zero attached hydrogens (tertiary/aromatic N) is 1. The van der Waals surface area contributed by atoms with Crippen LogP contribution in [0.5, 0.6) is 0 Å². The van der Waals surface area contributed by atoms with Gasteiger partial charge in [-0.15, -0.1) is 0 Å². The van der Waals surface area contributed by atoms with Gasteiger partial charge < -0.3 is 5.73 Å². The van der Waals surface area contributed by atoms with Crippen LogP contribution < -0.4 is 11.2 Å². The van der Waals surface area contributed by atoms with Gasteiger partial charge in [0, 0.05) is 5.71 Å². The molecule has 68 valence electrons. The maximum absolute atomic E-state index is 10.4. The Bertz CT molecular complexity index is 200. The number of hydrogen-bond acceptors (Lipinski definition) is 2. The first kappa shape index (κ1) is 9.03. The van der Waals surface area contributed by atoms with Crippen LogP contribution in [0.2, 0.25) is 0 Å². The summed E-state index contributed by atoms with van der Waals surface area (Å²) in [6.07, 6.45) is 4.58. The lowest BCUT2D eigenvalue weighted by Crippen LogP contribution is -2.28. The average molecular weight is 169 g/mol. The minimum atomic E-state index is -0.583. The fourth-order valence-corrected chi connectivity index (χ4v) is 1.46. The number of hydrogen-bond donors (Lipinski definition) is 2. The predicted molar refractivity (Wildman–Crippen MR) is 47.8 cm³/mol. The van der Waals surface area contributed by atoms with Crippen molar-refractivity contribution >= 4 is 11.7 Å². The first-order valence-electron chi connectivity index (χ1n) is 4.32. The molecule has 1 atom stereocenters. The molecule has 1 aliphatic rings. The summed E-state index contributed by atoms with van der Waals surface area (Å²) in [6, 6.07) is -0.583. The molecular formula is C8H15N3O. The van der Waals surface area contributed by atoms with Crippen LogP contribution in [0.15, 0.2) is 5.10 Å². The number of amides is 2. The van der Waals surface area contributed by atoms with Crippen molar-refractivity contribution in [1.82, 2.24) is 5.43 Å². The normalized spacial score (nSPS) is 27.1. The van der Waals surface area contributed by atoms with Crippen molar-refractivity contribution in [2.24, 2.45) is 16.8 Å². The summed E-state index contributed by atoms with van der Waals surface area (Å²) in [4.78, 5) is 10.4. The van der Waals surface area contributed by atoms with Crippen molar-refractivity contribution in [1.29, 1.82) is 0 Å². The Morgan fingerprint density at radius 1 is 1.67 bits per heavy atom. The Morgan fingerprint density at radius 3 is 3.00 bits per heavy atom. The highest BCUT2D eigenvalue weighted by molar-refractivity contribution is 5.88. The SMILES string of the molecule is C[C@@H]1CCCC/C1=N\NC(N)=O. The summed E-state index contributed by atoms with van der Waals surface area (Å²) in [5, 5.41) is 3.96. The summed E-state index contributed by atoms with van der Waals surface area (Å²) in [7, 11) is 0. The van der Waals surface area contributed by atoms with E-state index in [-0.39, 0.29) is 0 Å². The maximum atomic E-state index is 10.4. The standard InChI is InChI=1S/C8H15N3O/c1-6-4-2-3-5-7(6)10-11-8(9)12/h6H,2-5H2,1H3,(H3,9,11,12)/b10-7+/t6-/m1/s1. The largest absolute Gasteiger partial charge is 0.350 e. The molecule has 2 amide bonds. The predicted octanol–water partition coefficient (Wildman–Crippen LogP) is 1.22. The van der Waals surface area contributed by atoms with Crippen LogP contribution in [0.25, 0.3) is 0 Å². The van der Waals surface area contributed by atoms with Gasteiger partial charge in [0.1, 0.15) is 0 Å². The molecule has 1 saturated carbocycles. The second kappa shape index (κ2) is 4.09. The summed E-state index contributed by atoms with van der Waals surface area (Å²) in [6.45, 7) is 2.13. The summed E-state index contributed by atoms with van der Waals surface area (Å²) in [5.41, 5.74) is 8.24. The van der Waals surface area contributed by atoms with E-state index in [1.54, 1.807) is 0 Å². The molecule has 0 aromatic heterocycles. The number of carbonyl (C=O) groups is 1. The number of nitrogens with two attached hydrogens (primary N) is 1. The lowest BCUT2D eigenvalue weighted by atomic mass is 9.89. The van der Waals surface area contributed by atoms with Crippen molar-refractivity contribution in [2.45, 2.75) is 32.6 Å². The zero-order valence-corrected chi connectivity index (χ0v) is 7.34. The van der Waals surface area contributed by atoms with E-state index in [4.69, 9.17) is 5.73 Å². The van der Waals surface area contributed by atoms with Gasteiger partial charge in [-0.3, -0.25) is 0 Å². The van der Waals surface area contributed by atoms with Gasteiger partial charge in [0.15, 0.2) is 0 Å². The summed E-state index contributed by atoms with van der Waals surface area (Å²) < 4.78 is 0. The van der Waals surface area contributed by atoms with Crippen LogP contribution in [-0.4, -0.2) is 11.7 Å². The molecule has 1 aliphatic carbocycles. The number of hydrazone groups is 1. The summed E-state index contributed by atoms with van der Waals surface area (Å²) >= 11 is 0. The molecule has 0 spiro atoms. The van der Waals surface area contributed by atoms with Crippen molar-refractivity contribution in [3.05, 3.63) is 0 Å². The minimum absolute atomic E-state index is 0.491. The lowest BCUT2D eigenvalue weighted by molar-refractivity contribution is 0.249. The molecule has 12 heavy (non-hydrogen) atoms. The smallest absolute Gasteiger partial charge is 0.332 e. The highest BCUT2D eigenvalue weighted by Gasteiger charge is 2.15. The molecule has 1 rings (SSSR count). The molecule has 0 radical (unpaired) electrons. The third-order valence-corrected chi connectivity index (χ3v) is 2.20. The quantitative estimate of drug-likeness (QED) is 0.569. The van der Waals surface area contributed by atoms with E-state index >= 15 is 0 Å². The first-order chi connectivity index (χ1) is 5.70. The summed E-state index contributed by atoms with van der Waals surface area (Å²) in [5.74, 6) is 0.491. The number of rotatable bonds is 1. The second-order valence-electron chi connectivity index (χ2n) is 3.23. The van der Waals surface area contributed by atoms with Gasteiger partial charge in [0.2, 0.25) is 0 Å². The molecule has 1 fully saturated rings. The Hall–Kier alpha value is -1.06. The van der Waals surface area contributed by atoms with E-state index in [0.29, 0.717) is 5.92 Å². The van der Waals surface area contributed by atoms with Crippen molar-refractivity contribution in [3.8, 4) is 0 Å². The molecule has 0 unspecified atom stereocenters. The third-order valence-electron chi connectivity index (χ3n) is 2.20. The van der Waals surface area contributed by atoms with E-state index in [0.717, 1.165) is 12.1 Å². The molecule has 0 aromatic carbocycles. The average Bonchev–Trinajstić information content (AvgIpc) is 2.03. The Kier molecular flexibility index (Phi) is 3.08. The van der Waals surface area contributed by atoms with Crippen LogP contribution in [0.3, 0.4) is 0 Å². The van der Waals surface area contributed by atoms with Crippen molar-refractivity contribution in [3.63, 3.8) is 0 Å². The van der Waals surface area contributed by atoms with E-state index in [1.807, 2.05) is 0 Å². The fraction of sp³-hybridized carbons (Fsp3) is 0.750. The lowest BCUT2D eigenvalue weighted by Gasteiger charge is -2.19. The molecule has 4 heteroatoms. The highest BCUT2D eigenvalue weighted by Crippen LogP contribution is 2.20. The van der Waals surface area contributed by atoms with E-state index in [1.165, 1.54) is 19.3 Å². The van der Waals surface area contributed by atoms with E-state index in [2.05, 4.69) is 17.5 Å². The van der Waals surface area contributed by atoms with Gasteiger partial charge in [-0.1, -0.05) is 13.3 Å². The van der Waals surface area contributed by atoms with Crippen LogP contribution in [0.1, 0.15) is 32.6 Å². The topological polar surface area (TPSA) is 67.5 Å². The molecule has 0 aromatic rings. The van der Waals surface area contributed by atoms with Crippen molar-refractivity contribution in [2.75, 3.05) is 0 Å². The third kappa shape index (κ3) is 2.53. The Balaban J connectivity index is 2.47. The molecule has 0 bridgehead atoms. The van der Waals surface area contributed by atoms with Crippen LogP contribution in [0.4, 0.5) is 4.79 Å². The van der Waals surface area contributed by atoms with Gasteiger partial charge >= 0.3 is 6.03 Å². The molecule has 0 heterocycles. The van der Waals surface area contributed by atoms with Gasteiger partial charge in [-0.2, -0.15) is 5.10 Å². The monoisotopic (exact) mass is 169 g/mol. The molecule has 0 saturated heterocycles. The zero-order valence-electron chi connectivity index (χ0n) is 7.34. The maximum Gasteiger partial charge on any atom is 0.332 e.